The number of imide groups is 1. The zero-order chi connectivity index (χ0) is 15.8. The molecule has 0 aliphatic carbocycles. The summed E-state index contributed by atoms with van der Waals surface area (Å²) in [5, 5.41) is 0. The molecular weight excluding hydrogens is 276 g/mol. The Morgan fingerprint density at radius 3 is 1.90 bits per heavy atom. The fourth-order valence-corrected chi connectivity index (χ4v) is 2.21. The third-order valence-electron chi connectivity index (χ3n) is 3.37. The first-order chi connectivity index (χ1) is 9.79. The molecule has 8 heteroatoms. The molecule has 1 heterocycles. The van der Waals surface area contributed by atoms with Gasteiger partial charge in [0.15, 0.2) is 5.66 Å². The molecule has 6 N–H and O–H groups in total. The van der Waals surface area contributed by atoms with Crippen LogP contribution in [0.1, 0.15) is 33.6 Å². The number of primary amides is 2. The zero-order valence-corrected chi connectivity index (χ0v) is 11.0. The third kappa shape index (κ3) is 2.25. The largest absolute Gasteiger partial charge is 0.370 e. The van der Waals surface area contributed by atoms with E-state index in [0.717, 1.165) is 0 Å². The minimum absolute atomic E-state index is 0.137. The molecule has 1 aliphatic heterocycles. The highest BCUT2D eigenvalue weighted by Gasteiger charge is 2.50. The van der Waals surface area contributed by atoms with Crippen molar-refractivity contribution < 1.29 is 19.2 Å². The van der Waals surface area contributed by atoms with Crippen LogP contribution in [0.2, 0.25) is 0 Å². The summed E-state index contributed by atoms with van der Waals surface area (Å²) < 4.78 is 0. The van der Waals surface area contributed by atoms with Crippen molar-refractivity contribution in [2.45, 2.75) is 18.5 Å². The Morgan fingerprint density at radius 1 is 1.05 bits per heavy atom. The number of rotatable bonds is 5. The molecular formula is C13H14N4O4. The second kappa shape index (κ2) is 4.98. The van der Waals surface area contributed by atoms with Gasteiger partial charge in [0.2, 0.25) is 5.91 Å². The molecule has 1 aliphatic rings. The van der Waals surface area contributed by atoms with Crippen molar-refractivity contribution in [2.75, 3.05) is 0 Å². The van der Waals surface area contributed by atoms with E-state index in [1.54, 1.807) is 12.1 Å². The van der Waals surface area contributed by atoms with Gasteiger partial charge < -0.3 is 17.2 Å². The van der Waals surface area contributed by atoms with Crippen molar-refractivity contribution in [3.8, 4) is 0 Å². The normalized spacial score (nSPS) is 16.5. The van der Waals surface area contributed by atoms with E-state index in [9.17, 15) is 19.2 Å². The van der Waals surface area contributed by atoms with E-state index in [2.05, 4.69) is 0 Å². The van der Waals surface area contributed by atoms with Crippen LogP contribution in [-0.4, -0.2) is 34.2 Å². The number of benzene rings is 1. The molecule has 4 amide bonds. The molecule has 0 bridgehead atoms. The topological polar surface area (TPSA) is 150 Å². The minimum Gasteiger partial charge on any atom is -0.370 e. The lowest BCUT2D eigenvalue weighted by Crippen LogP contribution is -2.66. The SMILES string of the molecule is NC(=O)CC[C@](N)(C(N)=O)N1C(=O)c2ccccc2C1=O. The van der Waals surface area contributed by atoms with Gasteiger partial charge in [-0.2, -0.15) is 0 Å². The summed E-state index contributed by atoms with van der Waals surface area (Å²) in [5.74, 6) is -3.25. The van der Waals surface area contributed by atoms with Gasteiger partial charge in [0.1, 0.15) is 0 Å². The van der Waals surface area contributed by atoms with E-state index in [-0.39, 0.29) is 24.0 Å². The molecule has 0 radical (unpaired) electrons. The van der Waals surface area contributed by atoms with E-state index in [0.29, 0.717) is 4.90 Å². The van der Waals surface area contributed by atoms with Gasteiger partial charge >= 0.3 is 0 Å². The van der Waals surface area contributed by atoms with Gasteiger partial charge in [-0.1, -0.05) is 12.1 Å². The van der Waals surface area contributed by atoms with Gasteiger partial charge in [0.25, 0.3) is 17.7 Å². The van der Waals surface area contributed by atoms with E-state index in [1.165, 1.54) is 12.1 Å². The molecule has 0 fully saturated rings. The van der Waals surface area contributed by atoms with E-state index < -0.39 is 29.3 Å². The monoisotopic (exact) mass is 290 g/mol. The summed E-state index contributed by atoms with van der Waals surface area (Å²) in [5.41, 5.74) is 14.3. The summed E-state index contributed by atoms with van der Waals surface area (Å²) in [4.78, 5) is 47.8. The van der Waals surface area contributed by atoms with Crippen molar-refractivity contribution >= 4 is 23.6 Å². The van der Waals surface area contributed by atoms with Crippen LogP contribution in [-0.2, 0) is 9.59 Å². The van der Waals surface area contributed by atoms with Crippen LogP contribution in [0.4, 0.5) is 0 Å². The minimum atomic E-state index is -2.10. The maximum atomic E-state index is 12.3. The van der Waals surface area contributed by atoms with Crippen molar-refractivity contribution in [3.63, 3.8) is 0 Å². The average molecular weight is 290 g/mol. The first-order valence-corrected chi connectivity index (χ1v) is 6.14. The summed E-state index contributed by atoms with van der Waals surface area (Å²) >= 11 is 0. The molecule has 1 aromatic rings. The predicted octanol–water partition coefficient (Wildman–Crippen LogP) is -1.31. The molecule has 1 atom stereocenters. The zero-order valence-electron chi connectivity index (χ0n) is 11.0. The molecule has 21 heavy (non-hydrogen) atoms. The van der Waals surface area contributed by atoms with Crippen LogP contribution in [0, 0.1) is 0 Å². The first kappa shape index (κ1) is 14.7. The fraction of sp³-hybridized carbons (Fsp3) is 0.231. The number of nitrogens with zero attached hydrogens (tertiary/aromatic N) is 1. The van der Waals surface area contributed by atoms with Crippen LogP contribution < -0.4 is 17.2 Å². The smallest absolute Gasteiger partial charge is 0.263 e. The maximum Gasteiger partial charge on any atom is 0.263 e. The molecule has 0 saturated heterocycles. The lowest BCUT2D eigenvalue weighted by molar-refractivity contribution is -0.128. The Labute approximate surface area is 119 Å². The Bertz CT molecular complexity index is 622. The maximum absolute atomic E-state index is 12.3. The van der Waals surface area contributed by atoms with Crippen molar-refractivity contribution in [1.82, 2.24) is 4.90 Å². The lowest BCUT2D eigenvalue weighted by Gasteiger charge is -2.33. The van der Waals surface area contributed by atoms with E-state index in [4.69, 9.17) is 17.2 Å². The highest BCUT2D eigenvalue weighted by molar-refractivity contribution is 6.23. The Morgan fingerprint density at radius 2 is 1.52 bits per heavy atom. The molecule has 1 aromatic carbocycles. The number of amides is 4. The van der Waals surface area contributed by atoms with Gasteiger partial charge in [-0.25, -0.2) is 4.90 Å². The summed E-state index contributed by atoms with van der Waals surface area (Å²) in [6, 6.07) is 6.06. The van der Waals surface area contributed by atoms with Crippen molar-refractivity contribution in [1.29, 1.82) is 0 Å². The molecule has 8 nitrogen and oxygen atoms in total. The number of carbonyl (C=O) groups is 4. The fourth-order valence-electron chi connectivity index (χ4n) is 2.21. The molecule has 0 unspecified atom stereocenters. The predicted molar refractivity (Wildman–Crippen MR) is 71.5 cm³/mol. The average Bonchev–Trinajstić information content (AvgIpc) is 2.69. The number of hydrogen-bond acceptors (Lipinski definition) is 5. The van der Waals surface area contributed by atoms with E-state index >= 15 is 0 Å². The quantitative estimate of drug-likeness (QED) is 0.575. The first-order valence-electron chi connectivity index (χ1n) is 6.14. The Hall–Kier alpha value is -2.74. The van der Waals surface area contributed by atoms with Crippen LogP contribution in [0.5, 0.6) is 0 Å². The summed E-state index contributed by atoms with van der Waals surface area (Å²) in [7, 11) is 0. The Kier molecular flexibility index (Phi) is 3.48. The van der Waals surface area contributed by atoms with Crippen molar-refractivity contribution in [3.05, 3.63) is 35.4 Å². The molecule has 110 valence electrons. The second-order valence-electron chi connectivity index (χ2n) is 4.75. The van der Waals surface area contributed by atoms with Gasteiger partial charge in [0, 0.05) is 12.8 Å². The number of carbonyl (C=O) groups excluding carboxylic acids is 4. The third-order valence-corrected chi connectivity index (χ3v) is 3.37. The van der Waals surface area contributed by atoms with Gasteiger partial charge in [-0.05, 0) is 12.1 Å². The number of fused-ring (bicyclic) bond motifs is 1. The van der Waals surface area contributed by atoms with Crippen LogP contribution in [0.3, 0.4) is 0 Å². The summed E-state index contributed by atoms with van der Waals surface area (Å²) in [6.07, 6.45) is -0.615. The standard InChI is InChI=1S/C13H14N4O4/c14-9(18)5-6-13(16,12(15)21)17-10(19)7-3-1-2-4-8(7)11(17)20/h1-4H,5-6,16H2,(H2,14,18)(H2,15,21)/t13-/m1/s1. The Balaban J connectivity index is 2.44. The highest BCUT2D eigenvalue weighted by atomic mass is 16.2. The van der Waals surface area contributed by atoms with Crippen LogP contribution in [0.25, 0.3) is 0 Å². The molecule has 0 saturated carbocycles. The summed E-state index contributed by atoms with van der Waals surface area (Å²) in [6.45, 7) is 0. The van der Waals surface area contributed by atoms with E-state index in [1.807, 2.05) is 0 Å². The lowest BCUT2D eigenvalue weighted by atomic mass is 10.0. The van der Waals surface area contributed by atoms with Gasteiger partial charge in [-0.15, -0.1) is 0 Å². The number of hydrogen-bond donors (Lipinski definition) is 3. The van der Waals surface area contributed by atoms with Crippen molar-refractivity contribution in [2.24, 2.45) is 17.2 Å². The van der Waals surface area contributed by atoms with Crippen LogP contribution in [0.15, 0.2) is 24.3 Å². The number of nitrogens with two attached hydrogens (primary N) is 3. The van der Waals surface area contributed by atoms with Crippen LogP contribution >= 0.6 is 0 Å². The highest BCUT2D eigenvalue weighted by Crippen LogP contribution is 2.29. The van der Waals surface area contributed by atoms with Gasteiger partial charge in [-0.3, -0.25) is 19.2 Å². The molecule has 0 spiro atoms. The second-order valence-corrected chi connectivity index (χ2v) is 4.75. The van der Waals surface area contributed by atoms with Gasteiger partial charge in [0.05, 0.1) is 11.1 Å². The molecule has 0 aromatic heterocycles. The molecule has 2 rings (SSSR count).